The highest BCUT2D eigenvalue weighted by Gasteiger charge is 2.29. The molecule has 1 saturated heterocycles. The van der Waals surface area contributed by atoms with Crippen LogP contribution in [-0.2, 0) is 19.5 Å². The highest BCUT2D eigenvalue weighted by Crippen LogP contribution is 2.31. The molecule has 1 aromatic heterocycles. The van der Waals surface area contributed by atoms with Gasteiger partial charge in [-0.1, -0.05) is 48.0 Å². The van der Waals surface area contributed by atoms with Gasteiger partial charge < -0.3 is 0 Å². The van der Waals surface area contributed by atoms with E-state index in [-0.39, 0.29) is 5.28 Å². The van der Waals surface area contributed by atoms with Crippen LogP contribution in [0.1, 0.15) is 29.7 Å². The van der Waals surface area contributed by atoms with Crippen molar-refractivity contribution in [2.75, 3.05) is 19.6 Å². The minimum absolute atomic E-state index is 0.177. The molecule has 0 atom stereocenters. The van der Waals surface area contributed by atoms with Gasteiger partial charge in [0.15, 0.2) is 5.82 Å². The van der Waals surface area contributed by atoms with Gasteiger partial charge in [0, 0.05) is 36.3 Å². The molecule has 0 bridgehead atoms. The summed E-state index contributed by atoms with van der Waals surface area (Å²) in [4.78, 5) is 13.6. The Balaban J connectivity index is 1.23. The molecule has 1 fully saturated rings. The Kier molecular flexibility index (Phi) is 6.69. The van der Waals surface area contributed by atoms with E-state index in [2.05, 4.69) is 61.3 Å². The van der Waals surface area contributed by atoms with E-state index in [1.165, 1.54) is 16.7 Å². The summed E-state index contributed by atoms with van der Waals surface area (Å²) in [5.41, 5.74) is 13.1. The fourth-order valence-electron chi connectivity index (χ4n) is 5.06. The monoisotopic (exact) mass is 480 g/mol. The van der Waals surface area contributed by atoms with Gasteiger partial charge in [-0.2, -0.15) is 4.98 Å². The summed E-state index contributed by atoms with van der Waals surface area (Å²) in [6.45, 7) is 4.79. The van der Waals surface area contributed by atoms with Gasteiger partial charge in [0.25, 0.3) is 0 Å². The van der Waals surface area contributed by atoms with Gasteiger partial charge in [0.05, 0.1) is 5.69 Å². The highest BCUT2D eigenvalue weighted by atomic mass is 35.5. The Labute approximate surface area is 204 Å². The van der Waals surface area contributed by atoms with Gasteiger partial charge in [-0.25, -0.2) is 10.5 Å². The number of hydrogen-bond donors (Lipinski definition) is 1. The van der Waals surface area contributed by atoms with Crippen molar-refractivity contribution in [1.29, 1.82) is 5.53 Å². The Morgan fingerprint density at radius 3 is 2.48 bits per heavy atom. The molecule has 3 aromatic rings. The summed E-state index contributed by atoms with van der Waals surface area (Å²) in [5.74, 6) is 0.416. The molecule has 170 valence electrons. The SMILES string of the molecule is N=Nc1nc(Cl)nc2c1CCN(C1CCN(Cc3ccccc3-c3ccc(Cl)cc3)CC1)C2. The molecule has 33 heavy (non-hydrogen) atoms. The van der Waals surface area contributed by atoms with E-state index in [1.807, 2.05) is 12.1 Å². The molecule has 2 aliphatic rings. The average Bonchev–Trinajstić information content (AvgIpc) is 2.84. The van der Waals surface area contributed by atoms with Crippen LogP contribution in [-0.4, -0.2) is 45.4 Å². The second-order valence-corrected chi connectivity index (χ2v) is 9.52. The minimum Gasteiger partial charge on any atom is -0.299 e. The maximum Gasteiger partial charge on any atom is 0.224 e. The lowest BCUT2D eigenvalue weighted by atomic mass is 9.96. The normalized spacial score (nSPS) is 17.6. The summed E-state index contributed by atoms with van der Waals surface area (Å²) in [6, 6.07) is 17.3. The summed E-state index contributed by atoms with van der Waals surface area (Å²) in [5, 5.41) is 4.49. The van der Waals surface area contributed by atoms with E-state index < -0.39 is 0 Å². The average molecular weight is 481 g/mol. The number of hydrogen-bond acceptors (Lipinski definition) is 6. The molecule has 5 rings (SSSR count). The molecule has 0 spiro atoms. The predicted octanol–water partition coefficient (Wildman–Crippen LogP) is 6.14. The topological polar surface area (TPSA) is 68.5 Å². The first-order valence-corrected chi connectivity index (χ1v) is 12.1. The van der Waals surface area contributed by atoms with E-state index in [0.717, 1.165) is 68.3 Å². The molecule has 6 nitrogen and oxygen atoms in total. The first-order valence-electron chi connectivity index (χ1n) is 11.3. The summed E-state index contributed by atoms with van der Waals surface area (Å²) in [6.07, 6.45) is 3.08. The third-order valence-corrected chi connectivity index (χ3v) is 7.21. The minimum atomic E-state index is 0.177. The van der Waals surface area contributed by atoms with Gasteiger partial charge in [0.1, 0.15) is 0 Å². The molecule has 0 amide bonds. The highest BCUT2D eigenvalue weighted by molar-refractivity contribution is 6.30. The number of halogens is 2. The van der Waals surface area contributed by atoms with E-state index in [1.54, 1.807) is 0 Å². The third kappa shape index (κ3) is 4.94. The van der Waals surface area contributed by atoms with Crippen molar-refractivity contribution in [1.82, 2.24) is 19.8 Å². The molecule has 8 heteroatoms. The van der Waals surface area contributed by atoms with Crippen LogP contribution in [0.5, 0.6) is 0 Å². The van der Waals surface area contributed by atoms with Crippen molar-refractivity contribution in [2.45, 2.75) is 38.4 Å². The van der Waals surface area contributed by atoms with Gasteiger partial charge in [0.2, 0.25) is 5.28 Å². The Morgan fingerprint density at radius 1 is 0.970 bits per heavy atom. The van der Waals surface area contributed by atoms with Crippen LogP contribution in [0.2, 0.25) is 10.3 Å². The molecule has 2 aliphatic heterocycles. The summed E-state index contributed by atoms with van der Waals surface area (Å²) >= 11 is 12.1. The van der Waals surface area contributed by atoms with Crippen molar-refractivity contribution in [3.63, 3.8) is 0 Å². The van der Waals surface area contributed by atoms with Crippen LogP contribution in [0.4, 0.5) is 5.82 Å². The Hall–Kier alpha value is -2.38. The molecule has 0 saturated carbocycles. The number of nitrogens with one attached hydrogen (secondary N) is 1. The smallest absolute Gasteiger partial charge is 0.224 e. The van der Waals surface area contributed by atoms with Crippen LogP contribution >= 0.6 is 23.2 Å². The van der Waals surface area contributed by atoms with E-state index in [0.29, 0.717) is 11.9 Å². The van der Waals surface area contributed by atoms with Gasteiger partial charge in [-0.3, -0.25) is 9.80 Å². The maximum atomic E-state index is 7.37. The first kappa shape index (κ1) is 22.4. The summed E-state index contributed by atoms with van der Waals surface area (Å²) < 4.78 is 0. The quantitative estimate of drug-likeness (QED) is 0.351. The van der Waals surface area contributed by atoms with E-state index in [9.17, 15) is 0 Å². The Bertz CT molecular complexity index is 1140. The second-order valence-electron chi connectivity index (χ2n) is 8.75. The van der Waals surface area contributed by atoms with Crippen molar-refractivity contribution in [2.24, 2.45) is 5.11 Å². The maximum absolute atomic E-state index is 7.37. The number of piperidine rings is 1. The number of benzene rings is 2. The molecule has 0 unspecified atom stereocenters. The lowest BCUT2D eigenvalue weighted by Gasteiger charge is -2.40. The van der Waals surface area contributed by atoms with Crippen molar-refractivity contribution >= 4 is 29.0 Å². The first-order chi connectivity index (χ1) is 16.1. The molecular weight excluding hydrogens is 455 g/mol. The fraction of sp³-hybridized carbons (Fsp3) is 0.360. The molecule has 0 aliphatic carbocycles. The molecule has 3 heterocycles. The molecular formula is C25H26Cl2N6. The lowest BCUT2D eigenvalue weighted by molar-refractivity contribution is 0.0937. The van der Waals surface area contributed by atoms with Gasteiger partial charge in [-0.05, 0) is 72.8 Å². The van der Waals surface area contributed by atoms with Crippen molar-refractivity contribution in [3.05, 3.63) is 75.7 Å². The fourth-order valence-corrected chi connectivity index (χ4v) is 5.37. The number of rotatable bonds is 5. The molecule has 1 N–H and O–H groups in total. The van der Waals surface area contributed by atoms with Crippen molar-refractivity contribution in [3.8, 4) is 11.1 Å². The zero-order chi connectivity index (χ0) is 22.8. The summed E-state index contributed by atoms with van der Waals surface area (Å²) in [7, 11) is 0. The number of nitrogens with zero attached hydrogens (tertiary/aromatic N) is 5. The second kappa shape index (κ2) is 9.85. The largest absolute Gasteiger partial charge is 0.299 e. The zero-order valence-corrected chi connectivity index (χ0v) is 19.9. The van der Waals surface area contributed by atoms with Crippen LogP contribution in [0.25, 0.3) is 11.1 Å². The molecule has 0 radical (unpaired) electrons. The number of likely N-dealkylation sites (tertiary alicyclic amines) is 1. The Morgan fingerprint density at radius 2 is 1.73 bits per heavy atom. The van der Waals surface area contributed by atoms with Crippen LogP contribution in [0.15, 0.2) is 53.6 Å². The standard InChI is InChI=1S/C25H26Cl2N6/c26-19-7-5-17(6-8-19)21-4-2-1-3-18(21)15-32-12-9-20(10-13-32)33-14-11-22-23(16-33)29-25(27)30-24(22)31-28/h1-8,20,28H,9-16H2. The predicted molar refractivity (Wildman–Crippen MR) is 131 cm³/mol. The van der Waals surface area contributed by atoms with Crippen LogP contribution in [0.3, 0.4) is 0 Å². The molecule has 2 aromatic carbocycles. The lowest BCUT2D eigenvalue weighted by Crippen LogP contribution is -2.46. The zero-order valence-electron chi connectivity index (χ0n) is 18.3. The number of fused-ring (bicyclic) bond motifs is 1. The van der Waals surface area contributed by atoms with E-state index in [4.69, 9.17) is 28.7 Å². The van der Waals surface area contributed by atoms with E-state index >= 15 is 0 Å². The van der Waals surface area contributed by atoms with Crippen molar-refractivity contribution < 1.29 is 0 Å². The van der Waals surface area contributed by atoms with Crippen LogP contribution < -0.4 is 0 Å². The van der Waals surface area contributed by atoms with Crippen LogP contribution in [0, 0.1) is 5.53 Å². The number of aromatic nitrogens is 2. The van der Waals surface area contributed by atoms with Gasteiger partial charge >= 0.3 is 0 Å². The van der Waals surface area contributed by atoms with Gasteiger partial charge in [-0.15, -0.1) is 5.11 Å². The third-order valence-electron chi connectivity index (χ3n) is 6.79.